The molecule has 2 fully saturated rings. The smallest absolute Gasteiger partial charge is 0.335 e. The first kappa shape index (κ1) is 13.2. The van der Waals surface area contributed by atoms with Crippen LogP contribution in [0.5, 0.6) is 0 Å². The average molecular weight is 273 g/mol. The zero-order valence-electron chi connectivity index (χ0n) is 11.4. The van der Waals surface area contributed by atoms with Gasteiger partial charge in [-0.05, 0) is 49.8 Å². The summed E-state index contributed by atoms with van der Waals surface area (Å²) in [5.74, 6) is -0.344. The predicted octanol–water partition coefficient (Wildman–Crippen LogP) is 2.79. The fraction of sp³-hybridized carbons (Fsp3) is 0.500. The molecular weight excluding hydrogens is 254 g/mol. The molecule has 0 spiro atoms. The molecule has 1 N–H and O–H groups in total. The van der Waals surface area contributed by atoms with E-state index in [-0.39, 0.29) is 11.5 Å². The lowest BCUT2D eigenvalue weighted by molar-refractivity contribution is 0.0626. The number of carbonyl (C=O) groups is 2. The van der Waals surface area contributed by atoms with E-state index in [1.165, 1.54) is 31.4 Å². The van der Waals surface area contributed by atoms with Crippen LogP contribution in [0.1, 0.15) is 52.8 Å². The monoisotopic (exact) mass is 273 g/mol. The van der Waals surface area contributed by atoms with Crippen LogP contribution in [0.25, 0.3) is 0 Å². The minimum absolute atomic E-state index is 0.0116. The Morgan fingerprint density at radius 1 is 1.10 bits per heavy atom. The van der Waals surface area contributed by atoms with Crippen molar-refractivity contribution in [3.8, 4) is 0 Å². The van der Waals surface area contributed by atoms with E-state index in [9.17, 15) is 9.59 Å². The molecule has 1 aliphatic carbocycles. The molecule has 1 unspecified atom stereocenters. The highest BCUT2D eigenvalue weighted by atomic mass is 16.4. The van der Waals surface area contributed by atoms with E-state index in [1.54, 1.807) is 12.1 Å². The molecule has 1 saturated carbocycles. The number of amides is 1. The van der Waals surface area contributed by atoms with E-state index < -0.39 is 5.97 Å². The second-order valence-electron chi connectivity index (χ2n) is 5.79. The molecule has 1 aliphatic heterocycles. The molecule has 4 nitrogen and oxygen atoms in total. The maximum Gasteiger partial charge on any atom is 0.335 e. The summed E-state index contributed by atoms with van der Waals surface area (Å²) in [4.78, 5) is 25.6. The SMILES string of the molecule is O=C(O)c1cccc(C(=O)N2CCCC2C2CCC2)c1. The number of hydrogen-bond donors (Lipinski definition) is 1. The van der Waals surface area contributed by atoms with Crippen LogP contribution in [0, 0.1) is 5.92 Å². The first-order valence-corrected chi connectivity index (χ1v) is 7.31. The third-order valence-electron chi connectivity index (χ3n) is 4.61. The van der Waals surface area contributed by atoms with Gasteiger partial charge in [0.2, 0.25) is 0 Å². The van der Waals surface area contributed by atoms with E-state index in [0.717, 1.165) is 19.4 Å². The molecule has 0 radical (unpaired) electrons. The van der Waals surface area contributed by atoms with Gasteiger partial charge in [0.05, 0.1) is 5.56 Å². The lowest BCUT2D eigenvalue weighted by atomic mass is 9.78. The number of rotatable bonds is 3. The van der Waals surface area contributed by atoms with Crippen LogP contribution in [0.15, 0.2) is 24.3 Å². The summed E-state index contributed by atoms with van der Waals surface area (Å²) in [6.45, 7) is 0.803. The Balaban J connectivity index is 1.80. The number of carboxylic acids is 1. The van der Waals surface area contributed by atoms with Gasteiger partial charge in [0.15, 0.2) is 0 Å². The molecule has 1 heterocycles. The Morgan fingerprint density at radius 3 is 2.50 bits per heavy atom. The standard InChI is InChI=1S/C16H19NO3/c18-15(12-6-2-7-13(10-12)16(19)20)17-9-3-8-14(17)11-4-1-5-11/h2,6-7,10-11,14H,1,3-5,8-9H2,(H,19,20). The molecule has 0 bridgehead atoms. The zero-order chi connectivity index (χ0) is 14.1. The fourth-order valence-corrected chi connectivity index (χ4v) is 3.31. The van der Waals surface area contributed by atoms with Crippen LogP contribution in [0.3, 0.4) is 0 Å². The molecule has 20 heavy (non-hydrogen) atoms. The van der Waals surface area contributed by atoms with Crippen LogP contribution >= 0.6 is 0 Å². The van der Waals surface area contributed by atoms with Gasteiger partial charge >= 0.3 is 5.97 Å². The summed E-state index contributed by atoms with van der Waals surface area (Å²) in [6, 6.07) is 6.73. The number of likely N-dealkylation sites (tertiary alicyclic amines) is 1. The van der Waals surface area contributed by atoms with Crippen molar-refractivity contribution in [3.63, 3.8) is 0 Å². The lowest BCUT2D eigenvalue weighted by Gasteiger charge is -2.37. The Morgan fingerprint density at radius 2 is 1.85 bits per heavy atom. The molecule has 0 aromatic heterocycles. The Bertz CT molecular complexity index is 536. The second kappa shape index (κ2) is 5.27. The van der Waals surface area contributed by atoms with Gasteiger partial charge in [0.25, 0.3) is 5.91 Å². The van der Waals surface area contributed by atoms with Gasteiger partial charge in [-0.2, -0.15) is 0 Å². The quantitative estimate of drug-likeness (QED) is 0.921. The first-order valence-electron chi connectivity index (χ1n) is 7.31. The van der Waals surface area contributed by atoms with Crippen molar-refractivity contribution < 1.29 is 14.7 Å². The maximum absolute atomic E-state index is 12.6. The molecule has 1 atom stereocenters. The lowest BCUT2D eigenvalue weighted by Crippen LogP contribution is -2.42. The summed E-state index contributed by atoms with van der Waals surface area (Å²) in [6.07, 6.45) is 5.88. The Labute approximate surface area is 118 Å². The Hall–Kier alpha value is -1.84. The van der Waals surface area contributed by atoms with Gasteiger partial charge in [-0.15, -0.1) is 0 Å². The highest BCUT2D eigenvalue weighted by Gasteiger charge is 2.37. The second-order valence-corrected chi connectivity index (χ2v) is 5.79. The summed E-state index contributed by atoms with van der Waals surface area (Å²) in [7, 11) is 0. The van der Waals surface area contributed by atoms with Crippen molar-refractivity contribution >= 4 is 11.9 Å². The molecule has 1 amide bonds. The van der Waals surface area contributed by atoms with Gasteiger partial charge in [0, 0.05) is 18.2 Å². The van der Waals surface area contributed by atoms with Crippen LogP contribution in [0.2, 0.25) is 0 Å². The van der Waals surface area contributed by atoms with E-state index in [2.05, 4.69) is 0 Å². The van der Waals surface area contributed by atoms with Crippen molar-refractivity contribution in [1.29, 1.82) is 0 Å². The van der Waals surface area contributed by atoms with Crippen LogP contribution in [-0.2, 0) is 0 Å². The largest absolute Gasteiger partial charge is 0.478 e. The molecular formula is C16H19NO3. The van der Waals surface area contributed by atoms with Crippen molar-refractivity contribution in [2.24, 2.45) is 5.92 Å². The van der Waals surface area contributed by atoms with Crippen molar-refractivity contribution in [1.82, 2.24) is 4.90 Å². The number of hydrogen-bond acceptors (Lipinski definition) is 2. The van der Waals surface area contributed by atoms with Gasteiger partial charge < -0.3 is 10.0 Å². The van der Waals surface area contributed by atoms with Gasteiger partial charge in [-0.25, -0.2) is 4.79 Å². The summed E-state index contributed by atoms with van der Waals surface area (Å²) in [5.41, 5.74) is 0.673. The minimum Gasteiger partial charge on any atom is -0.478 e. The van der Waals surface area contributed by atoms with Gasteiger partial charge in [-0.1, -0.05) is 12.5 Å². The molecule has 2 aliphatic rings. The number of nitrogens with zero attached hydrogens (tertiary/aromatic N) is 1. The van der Waals surface area contributed by atoms with E-state index in [1.807, 2.05) is 4.90 Å². The third-order valence-corrected chi connectivity index (χ3v) is 4.61. The van der Waals surface area contributed by atoms with E-state index in [0.29, 0.717) is 17.5 Å². The normalized spacial score (nSPS) is 22.6. The average Bonchev–Trinajstić information content (AvgIpc) is 2.85. The van der Waals surface area contributed by atoms with Gasteiger partial charge in [0.1, 0.15) is 0 Å². The predicted molar refractivity (Wildman–Crippen MR) is 74.8 cm³/mol. The van der Waals surface area contributed by atoms with Crippen LogP contribution in [-0.4, -0.2) is 34.5 Å². The Kier molecular flexibility index (Phi) is 3.47. The van der Waals surface area contributed by atoms with E-state index in [4.69, 9.17) is 5.11 Å². The number of carboxylic acid groups (broad SMARTS) is 1. The fourth-order valence-electron chi connectivity index (χ4n) is 3.31. The highest BCUT2D eigenvalue weighted by molar-refractivity contribution is 5.97. The van der Waals surface area contributed by atoms with E-state index >= 15 is 0 Å². The molecule has 1 saturated heterocycles. The highest BCUT2D eigenvalue weighted by Crippen LogP contribution is 2.37. The van der Waals surface area contributed by atoms with Gasteiger partial charge in [-0.3, -0.25) is 4.79 Å². The topological polar surface area (TPSA) is 57.6 Å². The zero-order valence-corrected chi connectivity index (χ0v) is 11.4. The molecule has 4 heteroatoms. The summed E-state index contributed by atoms with van der Waals surface area (Å²) >= 11 is 0. The van der Waals surface area contributed by atoms with Crippen LogP contribution in [0.4, 0.5) is 0 Å². The molecule has 106 valence electrons. The minimum atomic E-state index is -0.989. The van der Waals surface area contributed by atoms with Crippen molar-refractivity contribution in [2.75, 3.05) is 6.54 Å². The molecule has 3 rings (SSSR count). The molecule has 1 aromatic carbocycles. The van der Waals surface area contributed by atoms with Crippen LogP contribution < -0.4 is 0 Å². The third kappa shape index (κ3) is 2.30. The number of carbonyl (C=O) groups excluding carboxylic acids is 1. The van der Waals surface area contributed by atoms with Crippen molar-refractivity contribution in [2.45, 2.75) is 38.1 Å². The molecule has 1 aromatic rings. The maximum atomic E-state index is 12.6. The first-order chi connectivity index (χ1) is 9.66. The summed E-state index contributed by atoms with van der Waals surface area (Å²) in [5, 5.41) is 9.02. The number of benzene rings is 1. The summed E-state index contributed by atoms with van der Waals surface area (Å²) < 4.78 is 0. The number of aromatic carboxylic acids is 1. The van der Waals surface area contributed by atoms with Crippen molar-refractivity contribution in [3.05, 3.63) is 35.4 Å².